The van der Waals surface area contributed by atoms with Crippen molar-refractivity contribution in [3.8, 4) is 17.2 Å². The highest BCUT2D eigenvalue weighted by Crippen LogP contribution is 2.24. The summed E-state index contributed by atoms with van der Waals surface area (Å²) in [4.78, 5) is 14.6. The highest BCUT2D eigenvalue weighted by molar-refractivity contribution is 7.98. The molecule has 1 N–H and O–H groups in total. The Labute approximate surface area is 180 Å². The van der Waals surface area contributed by atoms with E-state index in [2.05, 4.69) is 15.5 Å². The van der Waals surface area contributed by atoms with Gasteiger partial charge in [0.1, 0.15) is 5.75 Å². The molecule has 0 aliphatic rings. The zero-order valence-electron chi connectivity index (χ0n) is 17.2. The third-order valence-corrected chi connectivity index (χ3v) is 5.09. The molecule has 8 heteroatoms. The van der Waals surface area contributed by atoms with E-state index in [1.165, 1.54) is 0 Å². The van der Waals surface area contributed by atoms with Crippen molar-refractivity contribution in [2.24, 2.45) is 0 Å². The first-order valence-corrected chi connectivity index (χ1v) is 10.9. The summed E-state index contributed by atoms with van der Waals surface area (Å²) in [5.41, 5.74) is 1.16. The highest BCUT2D eigenvalue weighted by atomic mass is 32.2. The van der Waals surface area contributed by atoms with Gasteiger partial charge in [-0.05, 0) is 38.4 Å². The number of benzene rings is 2. The van der Waals surface area contributed by atoms with Gasteiger partial charge in [0.25, 0.3) is 5.91 Å². The number of para-hydroxylation sites is 1. The van der Waals surface area contributed by atoms with Crippen LogP contribution in [0.5, 0.6) is 5.75 Å². The summed E-state index contributed by atoms with van der Waals surface area (Å²) in [5, 5.41) is 11.2. The molecular weight excluding hydrogens is 400 g/mol. The smallest absolute Gasteiger partial charge is 0.252 e. The van der Waals surface area contributed by atoms with Crippen LogP contribution >= 0.6 is 11.8 Å². The van der Waals surface area contributed by atoms with Gasteiger partial charge >= 0.3 is 0 Å². The second-order valence-electron chi connectivity index (χ2n) is 6.82. The van der Waals surface area contributed by atoms with E-state index in [-0.39, 0.29) is 5.91 Å². The summed E-state index contributed by atoms with van der Waals surface area (Å²) in [5.74, 6) is 2.97. The van der Waals surface area contributed by atoms with Crippen LogP contribution in [0.2, 0.25) is 0 Å². The largest absolute Gasteiger partial charge is 0.493 e. The Kier molecular flexibility index (Phi) is 8.29. The lowest BCUT2D eigenvalue weighted by Gasteiger charge is -2.11. The van der Waals surface area contributed by atoms with E-state index in [1.54, 1.807) is 17.8 Å². The van der Waals surface area contributed by atoms with E-state index in [1.807, 2.05) is 67.5 Å². The number of amides is 1. The average molecular weight is 427 g/mol. The summed E-state index contributed by atoms with van der Waals surface area (Å²) >= 11 is 1.65. The SMILES string of the molecule is CN(C)CCNC(=O)c1ccccc1-c1nnc(CSCCOc2ccccc2)o1. The number of likely N-dealkylation sites (N-methyl/N-ethyl adjacent to an activating group) is 1. The molecule has 0 aliphatic heterocycles. The first kappa shape index (κ1) is 21.9. The molecule has 0 saturated heterocycles. The maximum Gasteiger partial charge on any atom is 0.252 e. The molecule has 0 fully saturated rings. The van der Waals surface area contributed by atoms with Crippen molar-refractivity contribution < 1.29 is 13.9 Å². The molecule has 7 nitrogen and oxygen atoms in total. The number of aromatic nitrogens is 2. The molecule has 1 aromatic heterocycles. The highest BCUT2D eigenvalue weighted by Gasteiger charge is 2.17. The van der Waals surface area contributed by atoms with Crippen LogP contribution in [0.4, 0.5) is 0 Å². The zero-order valence-corrected chi connectivity index (χ0v) is 18.0. The number of thioether (sulfide) groups is 1. The lowest BCUT2D eigenvalue weighted by atomic mass is 10.1. The molecule has 0 bridgehead atoms. The molecule has 0 saturated carbocycles. The van der Waals surface area contributed by atoms with Crippen molar-refractivity contribution in [3.05, 3.63) is 66.1 Å². The van der Waals surface area contributed by atoms with Gasteiger partial charge < -0.3 is 19.4 Å². The second-order valence-corrected chi connectivity index (χ2v) is 7.92. The third-order valence-electron chi connectivity index (χ3n) is 4.18. The normalized spacial score (nSPS) is 10.9. The number of carbonyl (C=O) groups excluding carboxylic acids is 1. The van der Waals surface area contributed by atoms with Gasteiger partial charge in [0.05, 0.1) is 23.5 Å². The number of carbonyl (C=O) groups is 1. The van der Waals surface area contributed by atoms with Crippen LogP contribution in [0, 0.1) is 0 Å². The zero-order chi connectivity index (χ0) is 21.2. The van der Waals surface area contributed by atoms with Gasteiger partial charge in [0, 0.05) is 18.8 Å². The van der Waals surface area contributed by atoms with Crippen molar-refractivity contribution in [2.75, 3.05) is 39.5 Å². The Morgan fingerprint density at radius 1 is 1.10 bits per heavy atom. The fraction of sp³-hybridized carbons (Fsp3) is 0.318. The summed E-state index contributed by atoms with van der Waals surface area (Å²) in [6.07, 6.45) is 0. The lowest BCUT2D eigenvalue weighted by Crippen LogP contribution is -2.31. The van der Waals surface area contributed by atoms with Gasteiger partial charge in [-0.3, -0.25) is 4.79 Å². The van der Waals surface area contributed by atoms with Crippen molar-refractivity contribution in [1.82, 2.24) is 20.4 Å². The van der Waals surface area contributed by atoms with Crippen LogP contribution in [0.1, 0.15) is 16.2 Å². The van der Waals surface area contributed by atoms with Crippen LogP contribution < -0.4 is 10.1 Å². The number of nitrogens with one attached hydrogen (secondary N) is 1. The number of ether oxygens (including phenoxy) is 1. The molecule has 1 amide bonds. The topological polar surface area (TPSA) is 80.5 Å². The maximum absolute atomic E-state index is 12.6. The predicted molar refractivity (Wildman–Crippen MR) is 119 cm³/mol. The maximum atomic E-state index is 12.6. The minimum Gasteiger partial charge on any atom is -0.493 e. The Hall–Kier alpha value is -2.84. The molecule has 158 valence electrons. The molecule has 0 spiro atoms. The molecule has 0 atom stereocenters. The average Bonchev–Trinajstić information content (AvgIpc) is 3.23. The number of hydrogen-bond donors (Lipinski definition) is 1. The van der Waals surface area contributed by atoms with Crippen LogP contribution in [-0.2, 0) is 5.75 Å². The van der Waals surface area contributed by atoms with E-state index < -0.39 is 0 Å². The second kappa shape index (κ2) is 11.4. The van der Waals surface area contributed by atoms with Crippen molar-refractivity contribution in [2.45, 2.75) is 5.75 Å². The first-order valence-electron chi connectivity index (χ1n) is 9.74. The Morgan fingerprint density at radius 2 is 1.87 bits per heavy atom. The van der Waals surface area contributed by atoms with Gasteiger partial charge in [0.2, 0.25) is 11.8 Å². The van der Waals surface area contributed by atoms with Crippen LogP contribution in [0.15, 0.2) is 59.0 Å². The summed E-state index contributed by atoms with van der Waals surface area (Å²) < 4.78 is 11.5. The minimum atomic E-state index is -0.153. The van der Waals surface area contributed by atoms with Gasteiger partial charge in [-0.1, -0.05) is 30.3 Å². The Balaban J connectivity index is 1.52. The summed E-state index contributed by atoms with van der Waals surface area (Å²) in [6, 6.07) is 17.0. The van der Waals surface area contributed by atoms with Gasteiger partial charge in [-0.25, -0.2) is 0 Å². The number of hydrogen-bond acceptors (Lipinski definition) is 7. The fourth-order valence-corrected chi connectivity index (χ4v) is 3.31. The molecule has 2 aromatic carbocycles. The van der Waals surface area contributed by atoms with E-state index in [9.17, 15) is 4.79 Å². The third kappa shape index (κ3) is 6.60. The van der Waals surface area contributed by atoms with Crippen molar-refractivity contribution in [1.29, 1.82) is 0 Å². The van der Waals surface area contributed by atoms with Crippen molar-refractivity contribution in [3.63, 3.8) is 0 Å². The van der Waals surface area contributed by atoms with E-state index in [4.69, 9.17) is 9.15 Å². The molecule has 30 heavy (non-hydrogen) atoms. The number of rotatable bonds is 11. The summed E-state index contributed by atoms with van der Waals surface area (Å²) in [7, 11) is 3.93. The monoisotopic (exact) mass is 426 g/mol. The van der Waals surface area contributed by atoms with Crippen LogP contribution in [0.25, 0.3) is 11.5 Å². The summed E-state index contributed by atoms with van der Waals surface area (Å²) in [6.45, 7) is 1.94. The molecule has 0 aliphatic carbocycles. The van der Waals surface area contributed by atoms with Crippen LogP contribution in [-0.4, -0.2) is 60.5 Å². The van der Waals surface area contributed by atoms with Crippen LogP contribution in [0.3, 0.4) is 0 Å². The molecule has 3 aromatic rings. The predicted octanol–water partition coefficient (Wildman–Crippen LogP) is 3.34. The van der Waals surface area contributed by atoms with E-state index in [0.29, 0.717) is 41.8 Å². The first-order chi connectivity index (χ1) is 14.6. The fourth-order valence-electron chi connectivity index (χ4n) is 2.67. The van der Waals surface area contributed by atoms with Gasteiger partial charge in [-0.15, -0.1) is 22.0 Å². The molecule has 1 heterocycles. The van der Waals surface area contributed by atoms with Gasteiger partial charge in [-0.2, -0.15) is 0 Å². The quantitative estimate of drug-likeness (QED) is 0.471. The van der Waals surface area contributed by atoms with Crippen molar-refractivity contribution >= 4 is 17.7 Å². The standard InChI is InChI=1S/C22H26N4O3S/c1-26(2)13-12-23-21(27)18-10-6-7-11-19(18)22-25-24-20(29-22)16-30-15-14-28-17-8-4-3-5-9-17/h3-11H,12-16H2,1-2H3,(H,23,27). The minimum absolute atomic E-state index is 0.153. The van der Waals surface area contributed by atoms with E-state index >= 15 is 0 Å². The molecule has 0 unspecified atom stereocenters. The Bertz CT molecular complexity index is 931. The lowest BCUT2D eigenvalue weighted by molar-refractivity contribution is 0.0951. The Morgan fingerprint density at radius 3 is 2.67 bits per heavy atom. The number of nitrogens with zero attached hydrogens (tertiary/aromatic N) is 3. The van der Waals surface area contributed by atoms with Gasteiger partial charge in [0.15, 0.2) is 0 Å². The molecular formula is C22H26N4O3S. The van der Waals surface area contributed by atoms with E-state index in [0.717, 1.165) is 18.0 Å². The molecule has 0 radical (unpaired) electrons. The molecule has 3 rings (SSSR count).